The normalized spacial score (nSPS) is 19.2. The average molecular weight is 366 g/mol. The van der Waals surface area contributed by atoms with Gasteiger partial charge in [0.15, 0.2) is 0 Å². The molecule has 0 bridgehead atoms. The molecule has 3 rings (SSSR count). The van der Waals surface area contributed by atoms with E-state index < -0.39 is 30.1 Å². The third-order valence-corrected chi connectivity index (χ3v) is 5.26. The average Bonchev–Trinajstić information content (AvgIpc) is 3.03. The van der Waals surface area contributed by atoms with Crippen LogP contribution in [0.15, 0.2) is 30.6 Å². The van der Waals surface area contributed by atoms with E-state index in [1.807, 2.05) is 27.7 Å². The van der Waals surface area contributed by atoms with Gasteiger partial charge in [-0.25, -0.2) is 0 Å². The first kappa shape index (κ1) is 19.0. The van der Waals surface area contributed by atoms with Gasteiger partial charge in [0.1, 0.15) is 0 Å². The Labute approximate surface area is 151 Å². The van der Waals surface area contributed by atoms with Gasteiger partial charge in [-0.2, -0.15) is 18.3 Å². The second kappa shape index (κ2) is 6.13. The first-order valence-corrected chi connectivity index (χ1v) is 8.44. The smallest absolute Gasteiger partial charge is 0.399 e. The van der Waals surface area contributed by atoms with Crippen LogP contribution >= 0.6 is 0 Å². The third-order valence-electron chi connectivity index (χ3n) is 5.26. The number of benzene rings is 1. The number of hydrogen-bond acceptors (Lipinski definition) is 3. The molecular formula is C18H22BF3N2O2. The Balaban J connectivity index is 1.81. The fourth-order valence-corrected chi connectivity index (χ4v) is 2.90. The molecule has 140 valence electrons. The lowest BCUT2D eigenvalue weighted by Crippen LogP contribution is -2.41. The topological polar surface area (TPSA) is 36.3 Å². The predicted molar refractivity (Wildman–Crippen MR) is 93.2 cm³/mol. The minimum Gasteiger partial charge on any atom is -0.399 e. The largest absolute Gasteiger partial charge is 0.498 e. The van der Waals surface area contributed by atoms with Crippen molar-refractivity contribution in [3.63, 3.8) is 0 Å². The summed E-state index contributed by atoms with van der Waals surface area (Å²) in [7, 11) is -0.545. The summed E-state index contributed by atoms with van der Waals surface area (Å²) in [5.74, 6) is 0. The van der Waals surface area contributed by atoms with Crippen molar-refractivity contribution in [3.8, 4) is 0 Å². The van der Waals surface area contributed by atoms with Crippen LogP contribution in [-0.2, 0) is 22.0 Å². The minimum absolute atomic E-state index is 0.215. The minimum atomic E-state index is -4.36. The van der Waals surface area contributed by atoms with Crippen LogP contribution in [0.5, 0.6) is 0 Å². The zero-order valence-electron chi connectivity index (χ0n) is 15.5. The van der Waals surface area contributed by atoms with Crippen LogP contribution < -0.4 is 5.46 Å². The van der Waals surface area contributed by atoms with Gasteiger partial charge in [-0.1, -0.05) is 12.1 Å². The molecular weight excluding hydrogens is 344 g/mol. The summed E-state index contributed by atoms with van der Waals surface area (Å²) >= 11 is 0. The van der Waals surface area contributed by atoms with Gasteiger partial charge in [0.25, 0.3) is 0 Å². The lowest BCUT2D eigenvalue weighted by molar-refractivity contribution is -0.138. The number of hydrogen-bond donors (Lipinski definition) is 0. The summed E-state index contributed by atoms with van der Waals surface area (Å²) in [6.45, 7) is 9.58. The molecule has 0 radical (unpaired) electrons. The molecule has 2 aromatic rings. The molecule has 2 heterocycles. The van der Waals surface area contributed by atoms with Crippen molar-refractivity contribution >= 4 is 12.6 Å². The Morgan fingerprint density at radius 3 is 2.31 bits per heavy atom. The molecule has 0 amide bonds. The summed E-state index contributed by atoms with van der Waals surface area (Å²) in [5.41, 5.74) is -0.00730. The Morgan fingerprint density at radius 2 is 1.73 bits per heavy atom. The van der Waals surface area contributed by atoms with Gasteiger partial charge in [-0.3, -0.25) is 4.68 Å². The van der Waals surface area contributed by atoms with Gasteiger partial charge in [-0.05, 0) is 51.8 Å². The first-order chi connectivity index (χ1) is 11.9. The molecule has 0 saturated carbocycles. The third kappa shape index (κ3) is 3.40. The van der Waals surface area contributed by atoms with Crippen molar-refractivity contribution in [3.05, 3.63) is 47.3 Å². The highest BCUT2D eigenvalue weighted by atomic mass is 19.4. The molecule has 26 heavy (non-hydrogen) atoms. The first-order valence-electron chi connectivity index (χ1n) is 8.44. The molecule has 1 aliphatic rings. The molecule has 0 unspecified atom stereocenters. The Kier molecular flexibility index (Phi) is 4.47. The van der Waals surface area contributed by atoms with Gasteiger partial charge in [0.05, 0.1) is 23.3 Å². The van der Waals surface area contributed by atoms with E-state index in [-0.39, 0.29) is 12.1 Å². The predicted octanol–water partition coefficient (Wildman–Crippen LogP) is 3.56. The van der Waals surface area contributed by atoms with Gasteiger partial charge in [0.2, 0.25) is 0 Å². The van der Waals surface area contributed by atoms with E-state index in [9.17, 15) is 13.2 Å². The maximum absolute atomic E-state index is 13.1. The molecule has 8 heteroatoms. The van der Waals surface area contributed by atoms with E-state index >= 15 is 0 Å². The maximum atomic E-state index is 13.1. The van der Waals surface area contributed by atoms with Crippen LogP contribution in [0.3, 0.4) is 0 Å². The molecule has 1 saturated heterocycles. The summed E-state index contributed by atoms with van der Waals surface area (Å²) in [4.78, 5) is 0. The van der Waals surface area contributed by atoms with Gasteiger partial charge >= 0.3 is 13.3 Å². The van der Waals surface area contributed by atoms with Gasteiger partial charge in [0, 0.05) is 17.9 Å². The van der Waals surface area contributed by atoms with Crippen molar-refractivity contribution in [2.24, 2.45) is 0 Å². The van der Waals surface area contributed by atoms with Crippen molar-refractivity contribution < 1.29 is 22.5 Å². The Hall–Kier alpha value is -1.80. The van der Waals surface area contributed by atoms with E-state index in [1.54, 1.807) is 23.1 Å². The zero-order valence-corrected chi connectivity index (χ0v) is 15.5. The Bertz CT molecular complexity index is 799. The lowest BCUT2D eigenvalue weighted by atomic mass is 9.82. The molecule has 1 aliphatic heterocycles. The second-order valence-electron chi connectivity index (χ2n) is 7.65. The molecule has 0 spiro atoms. The van der Waals surface area contributed by atoms with Crippen LogP contribution in [0.2, 0.25) is 0 Å². The van der Waals surface area contributed by atoms with Crippen molar-refractivity contribution in [2.45, 2.75) is 58.5 Å². The highest BCUT2D eigenvalue weighted by Gasteiger charge is 2.52. The monoisotopic (exact) mass is 366 g/mol. The molecule has 1 aromatic carbocycles. The SMILES string of the molecule is Cc1c(Cn2cc(B3OC(C)(C)C(C)(C)O3)cn2)cccc1C(F)(F)F. The van der Waals surface area contributed by atoms with E-state index in [1.165, 1.54) is 13.0 Å². The van der Waals surface area contributed by atoms with Crippen LogP contribution in [0.1, 0.15) is 44.4 Å². The zero-order chi connectivity index (χ0) is 19.3. The number of halogens is 3. The number of rotatable bonds is 3. The van der Waals surface area contributed by atoms with E-state index in [0.29, 0.717) is 5.56 Å². The van der Waals surface area contributed by atoms with E-state index in [0.717, 1.165) is 11.5 Å². The van der Waals surface area contributed by atoms with Gasteiger partial charge < -0.3 is 9.31 Å². The molecule has 0 aliphatic carbocycles. The van der Waals surface area contributed by atoms with Crippen molar-refractivity contribution in [2.75, 3.05) is 0 Å². The highest BCUT2D eigenvalue weighted by Crippen LogP contribution is 2.36. The summed E-state index contributed by atoms with van der Waals surface area (Å²) < 4.78 is 52.8. The summed E-state index contributed by atoms with van der Waals surface area (Å²) in [6.07, 6.45) is -0.981. The number of nitrogens with zero attached hydrogens (tertiary/aromatic N) is 2. The van der Waals surface area contributed by atoms with Crippen LogP contribution in [0, 0.1) is 6.92 Å². The number of alkyl halides is 3. The molecule has 1 fully saturated rings. The summed E-state index contributed by atoms with van der Waals surface area (Å²) in [5, 5.41) is 4.26. The molecule has 0 N–H and O–H groups in total. The fourth-order valence-electron chi connectivity index (χ4n) is 2.90. The van der Waals surface area contributed by atoms with Crippen molar-refractivity contribution in [1.29, 1.82) is 0 Å². The Morgan fingerprint density at radius 1 is 1.12 bits per heavy atom. The highest BCUT2D eigenvalue weighted by molar-refractivity contribution is 6.61. The fraction of sp³-hybridized carbons (Fsp3) is 0.500. The van der Waals surface area contributed by atoms with Gasteiger partial charge in [-0.15, -0.1) is 0 Å². The number of aromatic nitrogens is 2. The van der Waals surface area contributed by atoms with Crippen LogP contribution in [0.25, 0.3) is 0 Å². The lowest BCUT2D eigenvalue weighted by Gasteiger charge is -2.32. The quantitative estimate of drug-likeness (QED) is 0.780. The maximum Gasteiger partial charge on any atom is 0.498 e. The van der Waals surface area contributed by atoms with Crippen LogP contribution in [0.4, 0.5) is 13.2 Å². The molecule has 0 atom stereocenters. The second-order valence-corrected chi connectivity index (χ2v) is 7.65. The van der Waals surface area contributed by atoms with E-state index in [2.05, 4.69) is 5.10 Å². The molecule has 1 aromatic heterocycles. The standard InChI is InChI=1S/C18H22BF3N2O2/c1-12-13(7-6-8-15(12)18(20,21)22)10-24-11-14(9-23-24)19-25-16(2,3)17(4,5)26-19/h6-9,11H,10H2,1-5H3. The van der Waals surface area contributed by atoms with Crippen molar-refractivity contribution in [1.82, 2.24) is 9.78 Å². The molecule has 4 nitrogen and oxygen atoms in total. The summed E-state index contributed by atoms with van der Waals surface area (Å²) in [6, 6.07) is 4.20. The van der Waals surface area contributed by atoms with Crippen LogP contribution in [-0.4, -0.2) is 28.1 Å². The van der Waals surface area contributed by atoms with E-state index in [4.69, 9.17) is 9.31 Å².